The van der Waals surface area contributed by atoms with Gasteiger partial charge in [0.25, 0.3) is 5.56 Å². The Hall–Kier alpha value is -2.38. The number of fused-ring (bicyclic) bond motifs is 1. The highest BCUT2D eigenvalue weighted by Gasteiger charge is 2.17. The van der Waals surface area contributed by atoms with E-state index in [0.717, 1.165) is 18.4 Å². The van der Waals surface area contributed by atoms with Gasteiger partial charge < -0.3 is 5.32 Å². The molecule has 27 heavy (non-hydrogen) atoms. The van der Waals surface area contributed by atoms with Crippen molar-refractivity contribution in [2.24, 2.45) is 0 Å². The summed E-state index contributed by atoms with van der Waals surface area (Å²) in [6, 6.07) is 7.03. The molecule has 0 aliphatic heterocycles. The van der Waals surface area contributed by atoms with Crippen molar-refractivity contribution in [2.75, 3.05) is 5.32 Å². The van der Waals surface area contributed by atoms with Crippen LogP contribution < -0.4 is 16.6 Å². The number of amides is 1. The minimum atomic E-state index is -0.467. The molecule has 1 amide bonds. The van der Waals surface area contributed by atoms with Crippen LogP contribution in [0.15, 0.2) is 39.2 Å². The van der Waals surface area contributed by atoms with Crippen molar-refractivity contribution in [3.05, 3.63) is 61.1 Å². The Bertz CT molecular complexity index is 1090. The monoisotopic (exact) mass is 405 g/mol. The average Bonchev–Trinajstić information content (AvgIpc) is 3.12. The van der Waals surface area contributed by atoms with Gasteiger partial charge in [-0.15, -0.1) is 11.3 Å². The van der Waals surface area contributed by atoms with E-state index in [0.29, 0.717) is 27.5 Å². The third kappa shape index (κ3) is 3.84. The quantitative estimate of drug-likeness (QED) is 0.680. The number of hydrogen-bond donors (Lipinski definition) is 1. The van der Waals surface area contributed by atoms with Crippen LogP contribution in [0.3, 0.4) is 0 Å². The molecule has 142 valence electrons. The van der Waals surface area contributed by atoms with E-state index in [-0.39, 0.29) is 18.0 Å². The van der Waals surface area contributed by atoms with E-state index in [4.69, 9.17) is 11.6 Å². The number of thiophene rings is 1. The first kappa shape index (κ1) is 19.4. The number of nitrogens with one attached hydrogen (secondary N) is 1. The van der Waals surface area contributed by atoms with Crippen molar-refractivity contribution in [2.45, 2.75) is 39.8 Å². The second-order valence-electron chi connectivity index (χ2n) is 6.29. The standard InChI is InChI=1S/C19H20ClN3O3S/c1-3-4-9-22-18(25)17-14(8-10-27-17)23(19(22)26)11-15(24)21-16-12(2)6-5-7-13(16)20/h5-8,10H,3-4,9,11H2,1-2H3,(H,21,24). The first-order chi connectivity index (χ1) is 12.9. The van der Waals surface area contributed by atoms with Crippen LogP contribution in [-0.2, 0) is 17.9 Å². The number of nitrogens with zero attached hydrogens (tertiary/aromatic N) is 2. The van der Waals surface area contributed by atoms with Crippen LogP contribution in [0, 0.1) is 6.92 Å². The smallest absolute Gasteiger partial charge is 0.323 e. The normalized spacial score (nSPS) is 11.1. The van der Waals surface area contributed by atoms with Gasteiger partial charge in [-0.3, -0.25) is 18.7 Å². The predicted octanol–water partition coefficient (Wildman–Crippen LogP) is 3.63. The van der Waals surface area contributed by atoms with Gasteiger partial charge in [0, 0.05) is 6.54 Å². The van der Waals surface area contributed by atoms with Gasteiger partial charge in [-0.2, -0.15) is 0 Å². The summed E-state index contributed by atoms with van der Waals surface area (Å²) in [5.74, 6) is -0.374. The van der Waals surface area contributed by atoms with Gasteiger partial charge in [0.15, 0.2) is 0 Å². The summed E-state index contributed by atoms with van der Waals surface area (Å²) in [6.45, 7) is 3.98. The number of rotatable bonds is 6. The zero-order valence-electron chi connectivity index (χ0n) is 15.1. The number of halogens is 1. The average molecular weight is 406 g/mol. The molecular formula is C19H20ClN3O3S. The van der Waals surface area contributed by atoms with Crippen LogP contribution in [0.2, 0.25) is 5.02 Å². The van der Waals surface area contributed by atoms with Crippen LogP contribution in [0.25, 0.3) is 10.2 Å². The second-order valence-corrected chi connectivity index (χ2v) is 7.62. The highest BCUT2D eigenvalue weighted by Crippen LogP contribution is 2.25. The Morgan fingerprint density at radius 3 is 2.70 bits per heavy atom. The molecule has 3 aromatic rings. The molecule has 1 aromatic carbocycles. The summed E-state index contributed by atoms with van der Waals surface area (Å²) in [4.78, 5) is 38.0. The van der Waals surface area contributed by atoms with Gasteiger partial charge in [0.05, 0.1) is 16.2 Å². The van der Waals surface area contributed by atoms with Crippen molar-refractivity contribution >= 4 is 44.7 Å². The van der Waals surface area contributed by atoms with Crippen molar-refractivity contribution in [1.29, 1.82) is 0 Å². The molecule has 0 unspecified atom stereocenters. The Morgan fingerprint density at radius 2 is 2.00 bits per heavy atom. The Kier molecular flexibility index (Phi) is 5.82. The molecule has 8 heteroatoms. The SMILES string of the molecule is CCCCn1c(=O)c2sccc2n(CC(=O)Nc2c(C)cccc2Cl)c1=O. The molecule has 6 nitrogen and oxygen atoms in total. The van der Waals surface area contributed by atoms with Crippen LogP contribution in [-0.4, -0.2) is 15.0 Å². The van der Waals surface area contributed by atoms with E-state index in [1.807, 2.05) is 19.9 Å². The number of carbonyl (C=O) groups is 1. The zero-order valence-corrected chi connectivity index (χ0v) is 16.7. The van der Waals surface area contributed by atoms with E-state index in [1.165, 1.54) is 20.5 Å². The number of hydrogen-bond acceptors (Lipinski definition) is 4. The lowest BCUT2D eigenvalue weighted by Crippen LogP contribution is -2.41. The van der Waals surface area contributed by atoms with E-state index in [1.54, 1.807) is 23.6 Å². The minimum absolute atomic E-state index is 0.191. The fraction of sp³-hybridized carbons (Fsp3) is 0.316. The van der Waals surface area contributed by atoms with Gasteiger partial charge >= 0.3 is 5.69 Å². The molecule has 0 aliphatic rings. The van der Waals surface area contributed by atoms with Gasteiger partial charge in [0.2, 0.25) is 5.91 Å². The highest BCUT2D eigenvalue weighted by molar-refractivity contribution is 7.17. The van der Waals surface area contributed by atoms with Crippen molar-refractivity contribution < 1.29 is 4.79 Å². The summed E-state index contributed by atoms with van der Waals surface area (Å²) in [6.07, 6.45) is 1.58. The van der Waals surface area contributed by atoms with Crippen LogP contribution in [0.1, 0.15) is 25.3 Å². The molecule has 0 bridgehead atoms. The third-order valence-corrected chi connectivity index (χ3v) is 5.57. The molecule has 0 aliphatic carbocycles. The van der Waals surface area contributed by atoms with Crippen LogP contribution in [0.5, 0.6) is 0 Å². The van der Waals surface area contributed by atoms with Crippen molar-refractivity contribution in [3.8, 4) is 0 Å². The zero-order chi connectivity index (χ0) is 19.6. The van der Waals surface area contributed by atoms with Gasteiger partial charge in [-0.1, -0.05) is 37.1 Å². The maximum atomic E-state index is 12.9. The van der Waals surface area contributed by atoms with E-state index >= 15 is 0 Å². The fourth-order valence-electron chi connectivity index (χ4n) is 2.91. The highest BCUT2D eigenvalue weighted by atomic mass is 35.5. The first-order valence-electron chi connectivity index (χ1n) is 8.69. The molecule has 0 radical (unpaired) electrons. The number of aryl methyl sites for hydroxylation is 1. The molecule has 0 saturated heterocycles. The minimum Gasteiger partial charge on any atom is -0.323 e. The topological polar surface area (TPSA) is 73.1 Å². The van der Waals surface area contributed by atoms with Crippen molar-refractivity contribution in [3.63, 3.8) is 0 Å². The number of anilines is 1. The third-order valence-electron chi connectivity index (χ3n) is 4.36. The summed E-state index contributed by atoms with van der Waals surface area (Å²) in [5.41, 5.74) is 1.08. The molecule has 1 N–H and O–H groups in total. The number of unbranched alkanes of at least 4 members (excludes halogenated alkanes) is 1. The van der Waals surface area contributed by atoms with E-state index in [2.05, 4.69) is 5.32 Å². The number of para-hydroxylation sites is 1. The lowest BCUT2D eigenvalue weighted by Gasteiger charge is -2.13. The number of aromatic nitrogens is 2. The molecule has 3 rings (SSSR count). The maximum absolute atomic E-state index is 12.9. The molecule has 0 spiro atoms. The second kappa shape index (κ2) is 8.10. The summed E-state index contributed by atoms with van der Waals surface area (Å²) < 4.78 is 3.05. The summed E-state index contributed by atoms with van der Waals surface area (Å²) in [5, 5.41) is 4.96. The van der Waals surface area contributed by atoms with Crippen LogP contribution in [0.4, 0.5) is 5.69 Å². The molecule has 0 fully saturated rings. The van der Waals surface area contributed by atoms with E-state index in [9.17, 15) is 14.4 Å². The van der Waals surface area contributed by atoms with Gasteiger partial charge in [-0.25, -0.2) is 4.79 Å². The Labute approximate surface area is 165 Å². The van der Waals surface area contributed by atoms with Gasteiger partial charge in [0.1, 0.15) is 11.2 Å². The van der Waals surface area contributed by atoms with Gasteiger partial charge in [-0.05, 0) is 36.4 Å². The molecular weight excluding hydrogens is 386 g/mol. The van der Waals surface area contributed by atoms with Crippen molar-refractivity contribution in [1.82, 2.24) is 9.13 Å². The fourth-order valence-corrected chi connectivity index (χ4v) is 4.02. The predicted molar refractivity (Wildman–Crippen MR) is 110 cm³/mol. The molecule has 2 heterocycles. The van der Waals surface area contributed by atoms with Crippen LogP contribution >= 0.6 is 22.9 Å². The lowest BCUT2D eigenvalue weighted by atomic mass is 10.2. The maximum Gasteiger partial charge on any atom is 0.332 e. The largest absolute Gasteiger partial charge is 0.332 e. The molecule has 0 atom stereocenters. The number of carbonyl (C=O) groups excluding carboxylic acids is 1. The first-order valence-corrected chi connectivity index (χ1v) is 9.95. The molecule has 2 aromatic heterocycles. The summed E-state index contributed by atoms with van der Waals surface area (Å²) >= 11 is 7.44. The Balaban J connectivity index is 1.99. The summed E-state index contributed by atoms with van der Waals surface area (Å²) in [7, 11) is 0. The lowest BCUT2D eigenvalue weighted by molar-refractivity contribution is -0.116. The number of benzene rings is 1. The van der Waals surface area contributed by atoms with E-state index < -0.39 is 5.69 Å². The molecule has 0 saturated carbocycles. The Morgan fingerprint density at radius 1 is 1.22 bits per heavy atom.